The average Bonchev–Trinajstić information content (AvgIpc) is 3.94. The van der Waals surface area contributed by atoms with Gasteiger partial charge in [0.15, 0.2) is 0 Å². The molecule has 0 aliphatic carbocycles. The number of pyridine rings is 1. The van der Waals surface area contributed by atoms with E-state index in [1.165, 1.54) is 57.2 Å². The molecule has 0 aliphatic rings. The average molecular weight is 712 g/mol. The van der Waals surface area contributed by atoms with Crippen LogP contribution in [0.1, 0.15) is 0 Å². The summed E-state index contributed by atoms with van der Waals surface area (Å²) in [7, 11) is 0. The Morgan fingerprint density at radius 1 is 0.434 bits per heavy atom. The molecule has 0 saturated carbocycles. The molecule has 11 aromatic rings. The molecular weight excluding hydrogens is 683 g/mol. The van der Waals surface area contributed by atoms with Crippen molar-refractivity contribution in [1.29, 1.82) is 0 Å². The zero-order valence-corrected chi connectivity index (χ0v) is 30.0. The fourth-order valence-corrected chi connectivity index (χ4v) is 10.4. The second kappa shape index (κ2) is 12.1. The highest BCUT2D eigenvalue weighted by molar-refractivity contribution is 7.27. The molecule has 0 amide bonds. The van der Waals surface area contributed by atoms with Crippen LogP contribution in [0.25, 0.3) is 102 Å². The van der Waals surface area contributed by atoms with Crippen LogP contribution in [0.5, 0.6) is 0 Å². The molecule has 4 heterocycles. The number of fused-ring (bicyclic) bond motifs is 7. The van der Waals surface area contributed by atoms with Crippen molar-refractivity contribution < 1.29 is 0 Å². The molecule has 0 saturated heterocycles. The highest BCUT2D eigenvalue weighted by Gasteiger charge is 2.25. The number of thiophene rings is 2. The predicted octanol–water partition coefficient (Wildman–Crippen LogP) is 13.8. The molecule has 7 aromatic carbocycles. The van der Waals surface area contributed by atoms with E-state index < -0.39 is 0 Å². The van der Waals surface area contributed by atoms with Crippen molar-refractivity contribution in [3.8, 4) is 49.9 Å². The fourth-order valence-electron chi connectivity index (χ4n) is 7.82. The summed E-state index contributed by atoms with van der Waals surface area (Å²) in [5.74, 6) is 0.928. The lowest BCUT2D eigenvalue weighted by Gasteiger charge is -2.12. The Kier molecular flexibility index (Phi) is 6.90. The molecule has 0 spiro atoms. The van der Waals surface area contributed by atoms with Crippen LogP contribution in [0, 0.1) is 0 Å². The highest BCUT2D eigenvalue weighted by atomic mass is 32.1. The zero-order valence-electron chi connectivity index (χ0n) is 28.4. The molecule has 4 aromatic heterocycles. The molecule has 5 heteroatoms. The molecule has 0 aliphatic heterocycles. The molecule has 0 unspecified atom stereocenters. The summed E-state index contributed by atoms with van der Waals surface area (Å²) in [6, 6.07) is 62.7. The van der Waals surface area contributed by atoms with Gasteiger partial charge in [0.25, 0.3) is 0 Å². The van der Waals surface area contributed by atoms with Gasteiger partial charge in [-0.3, -0.25) is 4.57 Å². The van der Waals surface area contributed by atoms with E-state index in [4.69, 9.17) is 9.97 Å². The normalized spacial score (nSPS) is 11.8. The first-order valence-electron chi connectivity index (χ1n) is 17.8. The number of nitrogens with zero attached hydrogens (tertiary/aromatic N) is 3. The van der Waals surface area contributed by atoms with E-state index in [9.17, 15) is 0 Å². The van der Waals surface area contributed by atoms with Gasteiger partial charge < -0.3 is 0 Å². The van der Waals surface area contributed by atoms with E-state index in [0.29, 0.717) is 0 Å². The number of rotatable bonds is 5. The minimum absolute atomic E-state index is 0.928. The van der Waals surface area contributed by atoms with Gasteiger partial charge in [0, 0.05) is 68.5 Å². The highest BCUT2D eigenvalue weighted by Crippen LogP contribution is 2.52. The maximum absolute atomic E-state index is 5.40. The van der Waals surface area contributed by atoms with Gasteiger partial charge in [-0.25, -0.2) is 9.97 Å². The van der Waals surface area contributed by atoms with E-state index in [0.717, 1.165) is 44.9 Å². The summed E-state index contributed by atoms with van der Waals surface area (Å²) >= 11 is 3.75. The van der Waals surface area contributed by atoms with Gasteiger partial charge in [0.1, 0.15) is 5.82 Å². The molecule has 0 N–H and O–H groups in total. The largest absolute Gasteiger partial charge is 0.292 e. The van der Waals surface area contributed by atoms with Gasteiger partial charge >= 0.3 is 0 Å². The third-order valence-corrected chi connectivity index (χ3v) is 12.7. The minimum atomic E-state index is 0.928. The second-order valence-electron chi connectivity index (χ2n) is 13.3. The number of para-hydroxylation sites is 4. The molecule has 0 fully saturated rings. The van der Waals surface area contributed by atoms with E-state index >= 15 is 0 Å². The van der Waals surface area contributed by atoms with Crippen molar-refractivity contribution in [2.24, 2.45) is 0 Å². The Hall–Kier alpha value is -6.40. The zero-order chi connectivity index (χ0) is 34.9. The third kappa shape index (κ3) is 4.78. The van der Waals surface area contributed by atoms with Gasteiger partial charge in [-0.1, -0.05) is 140 Å². The van der Waals surface area contributed by atoms with Crippen molar-refractivity contribution in [2.75, 3.05) is 0 Å². The summed E-state index contributed by atoms with van der Waals surface area (Å²) in [6.45, 7) is 0. The topological polar surface area (TPSA) is 30.7 Å². The smallest absolute Gasteiger partial charge is 0.145 e. The van der Waals surface area contributed by atoms with Gasteiger partial charge in [-0.15, -0.1) is 22.7 Å². The lowest BCUT2D eigenvalue weighted by atomic mass is 9.94. The van der Waals surface area contributed by atoms with E-state index in [1.54, 1.807) is 0 Å². The Balaban J connectivity index is 1.20. The Labute approximate surface area is 313 Å². The van der Waals surface area contributed by atoms with Gasteiger partial charge in [-0.05, 0) is 42.0 Å². The van der Waals surface area contributed by atoms with E-state index in [-0.39, 0.29) is 0 Å². The van der Waals surface area contributed by atoms with Crippen LogP contribution in [-0.4, -0.2) is 14.5 Å². The van der Waals surface area contributed by atoms with Crippen LogP contribution in [0.15, 0.2) is 176 Å². The van der Waals surface area contributed by atoms with Crippen LogP contribution in [0.4, 0.5) is 0 Å². The minimum Gasteiger partial charge on any atom is -0.292 e. The summed E-state index contributed by atoms with van der Waals surface area (Å²) in [6.07, 6.45) is 0. The van der Waals surface area contributed by atoms with Crippen LogP contribution in [-0.2, 0) is 0 Å². The maximum Gasteiger partial charge on any atom is 0.145 e. The Bertz CT molecular complexity index is 3150. The summed E-state index contributed by atoms with van der Waals surface area (Å²) in [4.78, 5) is 11.8. The summed E-state index contributed by atoms with van der Waals surface area (Å²) < 4.78 is 6.12. The molecule has 248 valence electrons. The third-order valence-electron chi connectivity index (χ3n) is 10.2. The van der Waals surface area contributed by atoms with Crippen molar-refractivity contribution >= 4 is 74.9 Å². The standard InChI is InChI=1S/C48H29N3S2/c1-3-14-30(15-4-1)44-43-42(37-21-13-20-35-34-18-8-12-25-41(34)52-46(35)37)45(53-47(43)36-19-7-9-22-38(36)49-44)31-26-28-32(29-27-31)48-50-39-23-10-11-24-40(39)51(48)33-16-5-2-6-17-33/h1-29H. The first-order valence-corrected chi connectivity index (χ1v) is 19.4. The first-order chi connectivity index (χ1) is 26.3. The van der Waals surface area contributed by atoms with Crippen LogP contribution >= 0.6 is 22.7 Å². The molecular formula is C48H29N3S2. The van der Waals surface area contributed by atoms with Crippen LogP contribution < -0.4 is 0 Å². The number of imidazole rings is 1. The maximum atomic E-state index is 5.40. The Morgan fingerprint density at radius 2 is 1.09 bits per heavy atom. The molecule has 53 heavy (non-hydrogen) atoms. The number of aromatic nitrogens is 3. The lowest BCUT2D eigenvalue weighted by Crippen LogP contribution is -1.97. The van der Waals surface area contributed by atoms with E-state index in [2.05, 4.69) is 180 Å². The molecule has 3 nitrogen and oxygen atoms in total. The number of benzene rings is 7. The van der Waals surface area contributed by atoms with E-state index in [1.807, 2.05) is 22.7 Å². The quantitative estimate of drug-likeness (QED) is 0.178. The van der Waals surface area contributed by atoms with Crippen LogP contribution in [0.2, 0.25) is 0 Å². The summed E-state index contributed by atoms with van der Waals surface area (Å²) in [5, 5.41) is 4.97. The molecule has 11 rings (SSSR count). The van der Waals surface area contributed by atoms with Crippen molar-refractivity contribution in [3.63, 3.8) is 0 Å². The van der Waals surface area contributed by atoms with Gasteiger partial charge in [-0.2, -0.15) is 0 Å². The van der Waals surface area contributed by atoms with Crippen molar-refractivity contribution in [3.05, 3.63) is 176 Å². The second-order valence-corrected chi connectivity index (χ2v) is 15.4. The number of hydrogen-bond acceptors (Lipinski definition) is 4. The SMILES string of the molecule is c1ccc(-c2nc3ccccc3c3sc(-c4ccc(-c5nc6ccccc6n5-c5ccccc5)cc4)c(-c4cccc5c4sc4ccccc45)c23)cc1. The van der Waals surface area contributed by atoms with Crippen molar-refractivity contribution in [2.45, 2.75) is 0 Å². The first kappa shape index (κ1) is 30.2. The van der Waals surface area contributed by atoms with Gasteiger partial charge in [0.05, 0.1) is 22.2 Å². The lowest BCUT2D eigenvalue weighted by molar-refractivity contribution is 1.10. The molecule has 0 atom stereocenters. The molecule has 0 bridgehead atoms. The monoisotopic (exact) mass is 711 g/mol. The fraction of sp³-hybridized carbons (Fsp3) is 0. The number of hydrogen-bond donors (Lipinski definition) is 0. The Morgan fingerprint density at radius 3 is 1.92 bits per heavy atom. The predicted molar refractivity (Wildman–Crippen MR) is 226 cm³/mol. The van der Waals surface area contributed by atoms with Gasteiger partial charge in [0.2, 0.25) is 0 Å². The molecule has 0 radical (unpaired) electrons. The summed E-state index contributed by atoms with van der Waals surface area (Å²) in [5.41, 5.74) is 11.0. The van der Waals surface area contributed by atoms with Crippen LogP contribution in [0.3, 0.4) is 0 Å². The van der Waals surface area contributed by atoms with Crippen molar-refractivity contribution in [1.82, 2.24) is 14.5 Å².